The Labute approximate surface area is 159 Å². The molecule has 1 aliphatic rings. The number of carbonyl (C=O) groups excluding carboxylic acids is 2. The number of carbonyl (C=O) groups is 2. The van der Waals surface area contributed by atoms with E-state index in [0.717, 1.165) is 34.8 Å². The maximum absolute atomic E-state index is 12.4. The summed E-state index contributed by atoms with van der Waals surface area (Å²) >= 11 is 3.08. The van der Waals surface area contributed by atoms with Crippen molar-refractivity contribution in [1.82, 2.24) is 10.3 Å². The lowest BCUT2D eigenvalue weighted by molar-refractivity contribution is -0.117. The van der Waals surface area contributed by atoms with Crippen LogP contribution in [-0.2, 0) is 11.3 Å². The molecule has 4 rings (SSSR count). The minimum absolute atomic E-state index is 0.162. The number of hydrogen-bond donors (Lipinski definition) is 1. The molecule has 3 heterocycles. The molecule has 132 valence electrons. The summed E-state index contributed by atoms with van der Waals surface area (Å²) in [6, 6.07) is 9.75. The van der Waals surface area contributed by atoms with Crippen LogP contribution in [0.3, 0.4) is 0 Å². The predicted octanol–water partition coefficient (Wildman–Crippen LogP) is 3.93. The summed E-state index contributed by atoms with van der Waals surface area (Å²) in [5.74, 6) is -0.0278. The molecular formula is C19H17N3O2S2. The van der Waals surface area contributed by atoms with Crippen LogP contribution in [0.4, 0.5) is 5.69 Å². The molecule has 7 heteroatoms. The largest absolute Gasteiger partial charge is 0.347 e. The molecule has 3 aromatic rings. The number of nitrogens with zero attached hydrogens (tertiary/aromatic N) is 2. The average Bonchev–Trinajstić information content (AvgIpc) is 3.40. The van der Waals surface area contributed by atoms with E-state index in [1.165, 1.54) is 11.3 Å². The number of aromatic nitrogens is 1. The minimum Gasteiger partial charge on any atom is -0.347 e. The number of benzene rings is 1. The van der Waals surface area contributed by atoms with Crippen molar-refractivity contribution in [2.24, 2.45) is 0 Å². The van der Waals surface area contributed by atoms with Crippen LogP contribution in [0.1, 0.15) is 28.9 Å². The summed E-state index contributed by atoms with van der Waals surface area (Å²) in [4.78, 5) is 30.5. The summed E-state index contributed by atoms with van der Waals surface area (Å²) in [6.07, 6.45) is 1.51. The second kappa shape index (κ2) is 7.39. The van der Waals surface area contributed by atoms with Crippen molar-refractivity contribution in [1.29, 1.82) is 0 Å². The highest BCUT2D eigenvalue weighted by molar-refractivity contribution is 7.14. The van der Waals surface area contributed by atoms with Gasteiger partial charge in [-0.25, -0.2) is 4.98 Å². The fourth-order valence-electron chi connectivity index (χ4n) is 2.93. The predicted molar refractivity (Wildman–Crippen MR) is 105 cm³/mol. The minimum atomic E-state index is -0.189. The van der Waals surface area contributed by atoms with Crippen LogP contribution in [0.25, 0.3) is 10.6 Å². The van der Waals surface area contributed by atoms with Gasteiger partial charge in [-0.3, -0.25) is 9.59 Å². The second-order valence-corrected chi connectivity index (χ2v) is 7.69. The molecule has 5 nitrogen and oxygen atoms in total. The van der Waals surface area contributed by atoms with Gasteiger partial charge in [-0.2, -0.15) is 11.3 Å². The smallest absolute Gasteiger partial charge is 0.271 e. The molecular weight excluding hydrogens is 366 g/mol. The number of thiophene rings is 1. The molecule has 2 amide bonds. The van der Waals surface area contributed by atoms with Crippen LogP contribution >= 0.6 is 22.7 Å². The number of thiazole rings is 1. The zero-order valence-corrected chi connectivity index (χ0v) is 15.6. The monoisotopic (exact) mass is 383 g/mol. The van der Waals surface area contributed by atoms with Gasteiger partial charge >= 0.3 is 0 Å². The molecule has 0 unspecified atom stereocenters. The Bertz CT molecular complexity index is 934. The Morgan fingerprint density at radius 2 is 2.19 bits per heavy atom. The van der Waals surface area contributed by atoms with Gasteiger partial charge in [-0.1, -0.05) is 12.1 Å². The van der Waals surface area contributed by atoms with Gasteiger partial charge in [0.05, 0.1) is 0 Å². The molecule has 1 aliphatic heterocycles. The maximum Gasteiger partial charge on any atom is 0.271 e. The summed E-state index contributed by atoms with van der Waals surface area (Å²) in [5, 5.41) is 9.55. The number of rotatable bonds is 5. The van der Waals surface area contributed by atoms with Crippen LogP contribution in [-0.4, -0.2) is 23.3 Å². The van der Waals surface area contributed by atoms with Crippen LogP contribution in [0.2, 0.25) is 0 Å². The molecule has 0 spiro atoms. The van der Waals surface area contributed by atoms with Crippen LogP contribution in [0, 0.1) is 0 Å². The standard InChI is InChI=1S/C19H17N3O2S2/c23-17-5-2-7-22(17)15-4-1-3-13(9-15)10-20-18(24)16-12-26-19(21-16)14-6-8-25-11-14/h1,3-4,6,8-9,11-12H,2,5,7,10H2,(H,20,24). The van der Waals surface area contributed by atoms with Gasteiger partial charge < -0.3 is 10.2 Å². The molecule has 0 aliphatic carbocycles. The van der Waals surface area contributed by atoms with E-state index in [4.69, 9.17) is 0 Å². The van der Waals surface area contributed by atoms with Crippen LogP contribution < -0.4 is 10.2 Å². The van der Waals surface area contributed by atoms with Crippen molar-refractivity contribution in [2.45, 2.75) is 19.4 Å². The van der Waals surface area contributed by atoms with Crippen molar-refractivity contribution in [3.63, 3.8) is 0 Å². The Kier molecular flexibility index (Phi) is 4.81. The molecule has 2 aromatic heterocycles. The first-order valence-corrected chi connectivity index (χ1v) is 10.2. The first-order valence-electron chi connectivity index (χ1n) is 8.36. The van der Waals surface area contributed by atoms with E-state index in [2.05, 4.69) is 10.3 Å². The van der Waals surface area contributed by atoms with Crippen molar-refractivity contribution in [3.8, 4) is 10.6 Å². The summed E-state index contributed by atoms with van der Waals surface area (Å²) in [5.41, 5.74) is 3.33. The number of anilines is 1. The molecule has 1 N–H and O–H groups in total. The highest BCUT2D eigenvalue weighted by Gasteiger charge is 2.21. The fourth-order valence-corrected chi connectivity index (χ4v) is 4.44. The zero-order valence-electron chi connectivity index (χ0n) is 14.0. The average molecular weight is 383 g/mol. The summed E-state index contributed by atoms with van der Waals surface area (Å²) < 4.78 is 0. The molecule has 1 aromatic carbocycles. The molecule has 0 bridgehead atoms. The Morgan fingerprint density at radius 1 is 1.27 bits per heavy atom. The first kappa shape index (κ1) is 16.9. The van der Waals surface area contributed by atoms with Gasteiger partial charge in [0.2, 0.25) is 5.91 Å². The van der Waals surface area contributed by atoms with E-state index in [0.29, 0.717) is 18.7 Å². The molecule has 0 atom stereocenters. The third-order valence-corrected chi connectivity index (χ3v) is 5.83. The summed E-state index contributed by atoms with van der Waals surface area (Å²) in [7, 11) is 0. The van der Waals surface area contributed by atoms with E-state index in [1.807, 2.05) is 41.1 Å². The number of nitrogens with one attached hydrogen (secondary N) is 1. The SMILES string of the molecule is O=C(NCc1cccc(N2CCCC2=O)c1)c1csc(-c2ccsc2)n1. The highest BCUT2D eigenvalue weighted by atomic mass is 32.1. The van der Waals surface area contributed by atoms with Gasteiger partial charge in [0.25, 0.3) is 5.91 Å². The normalized spacial score (nSPS) is 14.0. The third-order valence-electron chi connectivity index (χ3n) is 4.25. The lowest BCUT2D eigenvalue weighted by Gasteiger charge is -2.16. The van der Waals surface area contributed by atoms with E-state index < -0.39 is 0 Å². The van der Waals surface area contributed by atoms with Gasteiger partial charge in [-0.05, 0) is 35.6 Å². The molecule has 1 fully saturated rings. The van der Waals surface area contributed by atoms with Crippen molar-refractivity contribution >= 4 is 40.2 Å². The Balaban J connectivity index is 1.41. The van der Waals surface area contributed by atoms with E-state index in [9.17, 15) is 9.59 Å². The van der Waals surface area contributed by atoms with Crippen molar-refractivity contribution < 1.29 is 9.59 Å². The lowest BCUT2D eigenvalue weighted by Crippen LogP contribution is -2.25. The number of amides is 2. The van der Waals surface area contributed by atoms with E-state index in [1.54, 1.807) is 21.6 Å². The molecule has 1 saturated heterocycles. The van der Waals surface area contributed by atoms with Crippen molar-refractivity contribution in [2.75, 3.05) is 11.4 Å². The lowest BCUT2D eigenvalue weighted by atomic mass is 10.2. The fraction of sp³-hybridized carbons (Fsp3) is 0.211. The second-order valence-electron chi connectivity index (χ2n) is 6.05. The van der Waals surface area contributed by atoms with Crippen LogP contribution in [0.15, 0.2) is 46.5 Å². The van der Waals surface area contributed by atoms with Gasteiger partial charge in [0, 0.05) is 41.5 Å². The zero-order chi connectivity index (χ0) is 17.9. The van der Waals surface area contributed by atoms with Gasteiger partial charge in [0.1, 0.15) is 10.7 Å². The maximum atomic E-state index is 12.4. The quantitative estimate of drug-likeness (QED) is 0.726. The third kappa shape index (κ3) is 3.54. The topological polar surface area (TPSA) is 62.3 Å². The van der Waals surface area contributed by atoms with Gasteiger partial charge in [-0.15, -0.1) is 11.3 Å². The molecule has 26 heavy (non-hydrogen) atoms. The molecule has 0 radical (unpaired) electrons. The number of hydrogen-bond acceptors (Lipinski definition) is 5. The highest BCUT2D eigenvalue weighted by Crippen LogP contribution is 2.26. The Hall–Kier alpha value is -2.51. The van der Waals surface area contributed by atoms with E-state index in [-0.39, 0.29) is 11.8 Å². The van der Waals surface area contributed by atoms with Crippen LogP contribution in [0.5, 0.6) is 0 Å². The first-order chi connectivity index (χ1) is 12.7. The summed E-state index contributed by atoms with van der Waals surface area (Å²) in [6.45, 7) is 1.17. The van der Waals surface area contributed by atoms with Gasteiger partial charge in [0.15, 0.2) is 0 Å². The van der Waals surface area contributed by atoms with E-state index >= 15 is 0 Å². The Morgan fingerprint density at radius 3 is 2.96 bits per heavy atom. The molecule has 0 saturated carbocycles. The van der Waals surface area contributed by atoms with Crippen molar-refractivity contribution in [3.05, 3.63) is 57.7 Å².